The maximum Gasteiger partial charge on any atom is 0.195 e. The van der Waals surface area contributed by atoms with Gasteiger partial charge in [0.1, 0.15) is 24.4 Å². The first-order valence-electron chi connectivity index (χ1n) is 19.4. The van der Waals surface area contributed by atoms with E-state index in [9.17, 15) is 25.2 Å². The van der Waals surface area contributed by atoms with Gasteiger partial charge in [-0.2, -0.15) is 0 Å². The zero-order chi connectivity index (χ0) is 41.0. The number of rotatable bonds is 5. The molecule has 1 aliphatic carbocycles. The molecular weight excluding hydrogens is 749 g/mol. The van der Waals surface area contributed by atoms with Gasteiger partial charge in [-0.05, 0) is 62.2 Å². The zero-order valence-electron chi connectivity index (χ0n) is 32.2. The molecule has 0 radical (unpaired) electrons. The van der Waals surface area contributed by atoms with Crippen molar-refractivity contribution in [3.8, 4) is 11.1 Å². The SMILES string of the molecule is O=C(c1ccccc1)C(O)c1ccccc1.OC(c1ccccc1)c1ccccc1.OC1c2ccccc2-c2ccccc21.OC1c2ccccc2Sc2ccccc21. The number of hydrogen-bond acceptors (Lipinski definition) is 6. The molecule has 0 spiro atoms. The predicted molar refractivity (Wildman–Crippen MR) is 236 cm³/mol. The monoisotopic (exact) mass is 792 g/mol. The third kappa shape index (κ3) is 9.85. The molecule has 1 heterocycles. The number of ketones is 1. The van der Waals surface area contributed by atoms with E-state index in [1.54, 1.807) is 60.3 Å². The van der Waals surface area contributed by atoms with Crippen LogP contribution < -0.4 is 0 Å². The van der Waals surface area contributed by atoms with Crippen LogP contribution >= 0.6 is 11.8 Å². The molecule has 1 aliphatic heterocycles. The van der Waals surface area contributed by atoms with Gasteiger partial charge >= 0.3 is 0 Å². The summed E-state index contributed by atoms with van der Waals surface area (Å²) in [4.78, 5) is 14.2. The highest BCUT2D eigenvalue weighted by molar-refractivity contribution is 7.99. The minimum atomic E-state index is -1.08. The van der Waals surface area contributed by atoms with E-state index in [0.29, 0.717) is 11.1 Å². The Morgan fingerprint density at radius 2 is 0.712 bits per heavy atom. The molecule has 0 aromatic heterocycles. The van der Waals surface area contributed by atoms with Crippen molar-refractivity contribution in [1.82, 2.24) is 0 Å². The van der Waals surface area contributed by atoms with Crippen LogP contribution in [0, 0.1) is 0 Å². The van der Waals surface area contributed by atoms with Crippen LogP contribution in [0.1, 0.15) is 73.7 Å². The van der Waals surface area contributed by atoms with Crippen LogP contribution in [0.25, 0.3) is 11.1 Å². The van der Waals surface area contributed by atoms with E-state index in [1.807, 2.05) is 146 Å². The van der Waals surface area contributed by atoms with Crippen molar-refractivity contribution in [1.29, 1.82) is 0 Å². The van der Waals surface area contributed by atoms with Gasteiger partial charge in [-0.15, -0.1) is 0 Å². The Balaban J connectivity index is 0.000000119. The van der Waals surface area contributed by atoms with Gasteiger partial charge in [-0.3, -0.25) is 4.79 Å². The lowest BCUT2D eigenvalue weighted by Gasteiger charge is -2.23. The molecule has 0 saturated heterocycles. The number of aliphatic hydroxyl groups is 4. The Morgan fingerprint density at radius 1 is 0.390 bits per heavy atom. The second kappa shape index (κ2) is 19.9. The van der Waals surface area contributed by atoms with Crippen molar-refractivity contribution >= 4 is 17.5 Å². The molecule has 2 aliphatic rings. The van der Waals surface area contributed by atoms with E-state index in [1.165, 1.54) is 0 Å². The maximum absolute atomic E-state index is 11.9. The number of carbonyl (C=O) groups excluding carboxylic acids is 1. The summed E-state index contributed by atoms with van der Waals surface area (Å²) in [7, 11) is 0. The van der Waals surface area contributed by atoms with Crippen molar-refractivity contribution in [2.75, 3.05) is 0 Å². The van der Waals surface area contributed by atoms with E-state index in [0.717, 1.165) is 54.3 Å². The number of aliphatic hydroxyl groups excluding tert-OH is 4. The molecule has 1 unspecified atom stereocenters. The fraction of sp³-hybridized carbons (Fsp3) is 0.0755. The number of benzene rings is 8. The van der Waals surface area contributed by atoms with Crippen molar-refractivity contribution in [2.24, 2.45) is 0 Å². The number of carbonyl (C=O) groups is 1. The molecule has 0 bridgehead atoms. The molecule has 5 nitrogen and oxygen atoms in total. The van der Waals surface area contributed by atoms with E-state index >= 15 is 0 Å². The molecule has 10 rings (SSSR count). The minimum absolute atomic E-state index is 0.271. The largest absolute Gasteiger partial charge is 0.384 e. The van der Waals surface area contributed by atoms with Crippen LogP contribution in [0.5, 0.6) is 0 Å². The fourth-order valence-corrected chi connectivity index (χ4v) is 8.15. The van der Waals surface area contributed by atoms with Gasteiger partial charge in [0.2, 0.25) is 0 Å². The first-order valence-corrected chi connectivity index (χ1v) is 20.2. The summed E-state index contributed by atoms with van der Waals surface area (Å²) >= 11 is 1.73. The second-order valence-corrected chi connectivity index (χ2v) is 15.0. The average molecular weight is 793 g/mol. The highest BCUT2D eigenvalue weighted by Gasteiger charge is 2.26. The van der Waals surface area contributed by atoms with Gasteiger partial charge in [0.05, 0.1) is 0 Å². The molecule has 8 aromatic carbocycles. The Labute approximate surface area is 349 Å². The van der Waals surface area contributed by atoms with Crippen LogP contribution in [0.2, 0.25) is 0 Å². The third-order valence-corrected chi connectivity index (χ3v) is 11.3. The summed E-state index contributed by atoms with van der Waals surface area (Å²) in [6.07, 6.45) is -2.51. The van der Waals surface area contributed by atoms with Crippen molar-refractivity contribution < 1.29 is 25.2 Å². The number of Topliss-reactive ketones (excluding diaryl/α,β-unsaturated/α-hetero) is 1. The van der Waals surface area contributed by atoms with Crippen molar-refractivity contribution in [3.63, 3.8) is 0 Å². The van der Waals surface area contributed by atoms with Gasteiger partial charge in [-0.25, -0.2) is 0 Å². The average Bonchev–Trinajstić information content (AvgIpc) is 3.61. The topological polar surface area (TPSA) is 98.0 Å². The maximum atomic E-state index is 11.9. The zero-order valence-corrected chi connectivity index (χ0v) is 33.0. The molecular formula is C53H44O5S. The Bertz CT molecular complexity index is 2430. The first kappa shape index (κ1) is 40.8. The van der Waals surface area contributed by atoms with Gasteiger partial charge in [0, 0.05) is 15.4 Å². The predicted octanol–water partition coefficient (Wildman–Crippen LogP) is 11.4. The van der Waals surface area contributed by atoms with Crippen LogP contribution in [-0.4, -0.2) is 26.2 Å². The minimum Gasteiger partial charge on any atom is -0.384 e. The smallest absolute Gasteiger partial charge is 0.195 e. The van der Waals surface area contributed by atoms with Crippen LogP contribution in [0.3, 0.4) is 0 Å². The van der Waals surface area contributed by atoms with Crippen LogP contribution in [0.15, 0.2) is 228 Å². The summed E-state index contributed by atoms with van der Waals surface area (Å²) in [5, 5.41) is 40.1. The normalized spacial score (nSPS) is 12.7. The van der Waals surface area contributed by atoms with Crippen LogP contribution in [-0.2, 0) is 0 Å². The van der Waals surface area contributed by atoms with Gasteiger partial charge < -0.3 is 20.4 Å². The molecule has 0 saturated carbocycles. The second-order valence-electron chi connectivity index (χ2n) is 13.9. The fourth-order valence-electron chi connectivity index (χ4n) is 7.02. The lowest BCUT2D eigenvalue weighted by Crippen LogP contribution is -2.11. The highest BCUT2D eigenvalue weighted by atomic mass is 32.2. The van der Waals surface area contributed by atoms with Gasteiger partial charge in [0.15, 0.2) is 5.78 Å². The molecule has 292 valence electrons. The summed E-state index contributed by atoms with van der Waals surface area (Å²) in [6.45, 7) is 0. The summed E-state index contributed by atoms with van der Waals surface area (Å²) in [6, 6.07) is 69.2. The molecule has 8 aromatic rings. The molecule has 0 fully saturated rings. The molecule has 1 atom stereocenters. The van der Waals surface area contributed by atoms with E-state index in [-0.39, 0.29) is 5.78 Å². The quantitative estimate of drug-likeness (QED) is 0.130. The molecule has 4 N–H and O–H groups in total. The summed E-state index contributed by atoms with van der Waals surface area (Å²) in [5.41, 5.74) is 9.41. The van der Waals surface area contributed by atoms with Crippen LogP contribution in [0.4, 0.5) is 0 Å². The number of fused-ring (bicyclic) bond motifs is 5. The third-order valence-electron chi connectivity index (χ3n) is 10.1. The molecule has 59 heavy (non-hydrogen) atoms. The summed E-state index contributed by atoms with van der Waals surface area (Å²) < 4.78 is 0. The Morgan fingerprint density at radius 3 is 1.15 bits per heavy atom. The highest BCUT2D eigenvalue weighted by Crippen LogP contribution is 2.44. The summed E-state index contributed by atoms with van der Waals surface area (Å²) in [5.74, 6) is -0.271. The van der Waals surface area contributed by atoms with E-state index in [2.05, 4.69) is 24.3 Å². The lowest BCUT2D eigenvalue weighted by atomic mass is 10.0. The Hall–Kier alpha value is -6.38. The molecule has 6 heteroatoms. The number of hydrogen-bond donors (Lipinski definition) is 4. The van der Waals surface area contributed by atoms with E-state index in [4.69, 9.17) is 0 Å². The first-order chi connectivity index (χ1) is 28.9. The lowest BCUT2D eigenvalue weighted by molar-refractivity contribution is 0.0747. The van der Waals surface area contributed by atoms with E-state index < -0.39 is 24.4 Å². The van der Waals surface area contributed by atoms with Crippen molar-refractivity contribution in [2.45, 2.75) is 34.2 Å². The standard InChI is InChI=1S/C14H12O2.C13H10OS.C13H10O.C13H12O/c15-13(11-7-3-1-4-8-11)14(16)12-9-5-2-6-10-12;14-13-9-5-1-3-7-11(9)15-12-8-4-2-6-10(12)13;14-13-11-7-3-1-5-9(11)10-6-2-4-8-12(10)13;14-13(11-7-3-1-4-8-11)12-9-5-2-6-10-12/h1-10,13,15H;1-8,13-14H;1-8,13-14H;1-10,13-14H. The molecule has 0 amide bonds. The Kier molecular flexibility index (Phi) is 13.7. The van der Waals surface area contributed by atoms with Gasteiger partial charge in [-0.1, -0.05) is 218 Å². The van der Waals surface area contributed by atoms with Crippen molar-refractivity contribution in [3.05, 3.63) is 263 Å². The van der Waals surface area contributed by atoms with Gasteiger partial charge in [0.25, 0.3) is 0 Å².